The summed E-state index contributed by atoms with van der Waals surface area (Å²) in [5, 5.41) is 6.33. The van der Waals surface area contributed by atoms with E-state index in [9.17, 15) is 4.79 Å². The predicted molar refractivity (Wildman–Crippen MR) is 101 cm³/mol. The van der Waals surface area contributed by atoms with Crippen LogP contribution in [0.4, 0.5) is 0 Å². The van der Waals surface area contributed by atoms with Gasteiger partial charge in [-0.05, 0) is 24.1 Å². The Kier molecular flexibility index (Phi) is 5.32. The molecule has 6 heteroatoms. The van der Waals surface area contributed by atoms with Crippen molar-refractivity contribution in [1.29, 1.82) is 0 Å². The van der Waals surface area contributed by atoms with E-state index in [2.05, 4.69) is 20.6 Å². The van der Waals surface area contributed by atoms with Gasteiger partial charge in [0.2, 0.25) is 5.91 Å². The fourth-order valence-electron chi connectivity index (χ4n) is 3.28. The van der Waals surface area contributed by atoms with E-state index in [1.165, 1.54) is 0 Å². The zero-order chi connectivity index (χ0) is 18.6. The Bertz CT molecular complexity index is 820. The Morgan fingerprint density at radius 1 is 1.38 bits per heavy atom. The van der Waals surface area contributed by atoms with Crippen LogP contribution in [-0.2, 0) is 28.0 Å². The average Bonchev–Trinajstić information content (AvgIpc) is 3.04. The fraction of sp³-hybridized carbons (Fsp3) is 0.350. The van der Waals surface area contributed by atoms with Gasteiger partial charge in [-0.25, -0.2) is 0 Å². The lowest BCUT2D eigenvalue weighted by molar-refractivity contribution is -0.123. The van der Waals surface area contributed by atoms with E-state index < -0.39 is 5.54 Å². The van der Waals surface area contributed by atoms with Crippen LogP contribution in [0, 0.1) is 0 Å². The second-order valence-electron chi connectivity index (χ2n) is 6.61. The highest BCUT2D eigenvalue weighted by Crippen LogP contribution is 2.21. The number of fused-ring (bicyclic) bond motifs is 1. The Morgan fingerprint density at radius 2 is 2.15 bits per heavy atom. The van der Waals surface area contributed by atoms with E-state index in [0.29, 0.717) is 13.2 Å². The Balaban J connectivity index is 1.74. The third-order valence-electron chi connectivity index (χ3n) is 4.57. The van der Waals surface area contributed by atoms with Crippen LogP contribution in [0.2, 0.25) is 0 Å². The molecule has 0 bridgehead atoms. The van der Waals surface area contributed by atoms with Gasteiger partial charge in [-0.1, -0.05) is 30.3 Å². The van der Waals surface area contributed by atoms with Gasteiger partial charge < -0.3 is 15.4 Å². The molecule has 1 amide bonds. The van der Waals surface area contributed by atoms with Gasteiger partial charge in [-0.3, -0.25) is 14.8 Å². The van der Waals surface area contributed by atoms with Crippen LogP contribution in [0.15, 0.2) is 47.6 Å². The molecule has 0 saturated heterocycles. The maximum atomic E-state index is 12.7. The minimum Gasteiger partial charge on any atom is -0.382 e. The summed E-state index contributed by atoms with van der Waals surface area (Å²) >= 11 is 0. The second-order valence-corrected chi connectivity index (χ2v) is 6.61. The number of benzene rings is 1. The molecule has 0 saturated carbocycles. The van der Waals surface area contributed by atoms with Crippen molar-refractivity contribution >= 4 is 11.7 Å². The van der Waals surface area contributed by atoms with Crippen molar-refractivity contribution in [2.75, 3.05) is 20.8 Å². The number of aromatic nitrogens is 1. The number of carbonyl (C=O) groups is 1. The Hall–Kier alpha value is -2.73. The van der Waals surface area contributed by atoms with E-state index in [1.54, 1.807) is 20.4 Å². The molecule has 1 aromatic carbocycles. The average molecular weight is 352 g/mol. The third-order valence-corrected chi connectivity index (χ3v) is 4.57. The van der Waals surface area contributed by atoms with Crippen LogP contribution in [0.5, 0.6) is 0 Å². The van der Waals surface area contributed by atoms with Crippen LogP contribution >= 0.6 is 0 Å². The molecule has 2 heterocycles. The van der Waals surface area contributed by atoms with Gasteiger partial charge in [-0.15, -0.1) is 0 Å². The quantitative estimate of drug-likeness (QED) is 0.831. The minimum absolute atomic E-state index is 0.0869. The minimum atomic E-state index is -0.590. The smallest absolute Gasteiger partial charge is 0.226 e. The SMILES string of the molecule is CN=C1NCc2cc(CC(=O)NC(C)(COC)c3ccccc3)ncc21. The molecule has 1 aliphatic rings. The number of nitrogens with one attached hydrogen (secondary N) is 2. The molecular formula is C20H24N4O2. The maximum absolute atomic E-state index is 12.7. The number of ether oxygens (including phenoxy) is 1. The lowest BCUT2D eigenvalue weighted by atomic mass is 9.92. The highest BCUT2D eigenvalue weighted by Gasteiger charge is 2.29. The summed E-state index contributed by atoms with van der Waals surface area (Å²) in [6, 6.07) is 11.8. The first-order chi connectivity index (χ1) is 12.6. The number of amides is 1. The van der Waals surface area contributed by atoms with Crippen LogP contribution < -0.4 is 10.6 Å². The number of pyridine rings is 1. The number of carbonyl (C=O) groups excluding carboxylic acids is 1. The van der Waals surface area contributed by atoms with Crippen molar-refractivity contribution in [1.82, 2.24) is 15.6 Å². The van der Waals surface area contributed by atoms with Crippen LogP contribution in [0.25, 0.3) is 0 Å². The zero-order valence-corrected chi connectivity index (χ0v) is 15.4. The van der Waals surface area contributed by atoms with Gasteiger partial charge in [0, 0.05) is 32.5 Å². The molecule has 1 atom stereocenters. The van der Waals surface area contributed by atoms with Gasteiger partial charge in [0.15, 0.2) is 0 Å². The van der Waals surface area contributed by atoms with Gasteiger partial charge in [0.1, 0.15) is 5.84 Å². The fourth-order valence-corrected chi connectivity index (χ4v) is 3.28. The van der Waals surface area contributed by atoms with Crippen molar-refractivity contribution in [2.45, 2.75) is 25.4 Å². The molecule has 0 spiro atoms. The van der Waals surface area contributed by atoms with Crippen LogP contribution in [0.3, 0.4) is 0 Å². The first kappa shape index (κ1) is 18.1. The van der Waals surface area contributed by atoms with Crippen molar-refractivity contribution in [2.24, 2.45) is 4.99 Å². The van der Waals surface area contributed by atoms with E-state index in [1.807, 2.05) is 43.3 Å². The van der Waals surface area contributed by atoms with E-state index >= 15 is 0 Å². The Labute approximate surface area is 153 Å². The van der Waals surface area contributed by atoms with E-state index in [0.717, 1.165) is 28.2 Å². The first-order valence-electron chi connectivity index (χ1n) is 8.60. The molecule has 2 aromatic rings. The van der Waals surface area contributed by atoms with Gasteiger partial charge in [0.05, 0.1) is 24.3 Å². The lowest BCUT2D eigenvalue weighted by Crippen LogP contribution is -2.47. The summed E-state index contributed by atoms with van der Waals surface area (Å²) in [4.78, 5) is 21.3. The maximum Gasteiger partial charge on any atom is 0.226 e. The van der Waals surface area contributed by atoms with Crippen molar-refractivity contribution < 1.29 is 9.53 Å². The summed E-state index contributed by atoms with van der Waals surface area (Å²) in [6.45, 7) is 3.07. The molecule has 26 heavy (non-hydrogen) atoms. The number of amidine groups is 1. The lowest BCUT2D eigenvalue weighted by Gasteiger charge is -2.30. The highest BCUT2D eigenvalue weighted by molar-refractivity contribution is 6.02. The number of rotatable bonds is 6. The molecule has 1 aromatic heterocycles. The standard InChI is InChI=1S/C20H24N4O2/c1-20(13-26-3,15-7-5-4-6-8-15)24-18(25)10-16-9-14-11-23-19(21-2)17(14)12-22-16/h4-9,12H,10-11,13H2,1-3H3,(H,21,23)(H,24,25). The van der Waals surface area contributed by atoms with Crippen molar-refractivity contribution in [3.8, 4) is 0 Å². The number of aliphatic imine (C=N–C) groups is 1. The summed E-state index contributed by atoms with van der Waals surface area (Å²) in [5.74, 6) is 0.761. The number of nitrogens with zero attached hydrogens (tertiary/aromatic N) is 2. The summed E-state index contributed by atoms with van der Waals surface area (Å²) < 4.78 is 5.35. The highest BCUT2D eigenvalue weighted by atomic mass is 16.5. The van der Waals surface area contributed by atoms with Gasteiger partial charge in [-0.2, -0.15) is 0 Å². The molecule has 1 unspecified atom stereocenters. The van der Waals surface area contributed by atoms with Crippen molar-refractivity contribution in [3.63, 3.8) is 0 Å². The number of hydrogen-bond donors (Lipinski definition) is 2. The largest absolute Gasteiger partial charge is 0.382 e. The first-order valence-corrected chi connectivity index (χ1v) is 8.60. The molecule has 2 N–H and O–H groups in total. The predicted octanol–water partition coefficient (Wildman–Crippen LogP) is 1.78. The second kappa shape index (κ2) is 7.66. The normalized spacial score (nSPS) is 16.7. The Morgan fingerprint density at radius 3 is 2.85 bits per heavy atom. The summed E-state index contributed by atoms with van der Waals surface area (Å²) in [5.41, 5.74) is 3.28. The van der Waals surface area contributed by atoms with Crippen LogP contribution in [-0.4, -0.2) is 37.5 Å². The van der Waals surface area contributed by atoms with Gasteiger partial charge in [0.25, 0.3) is 0 Å². The monoisotopic (exact) mass is 352 g/mol. The molecule has 0 aliphatic carbocycles. The summed E-state index contributed by atoms with van der Waals surface area (Å²) in [6.07, 6.45) is 2.00. The number of hydrogen-bond acceptors (Lipinski definition) is 4. The third kappa shape index (κ3) is 3.75. The van der Waals surface area contributed by atoms with E-state index in [4.69, 9.17) is 4.74 Å². The molecule has 3 rings (SSSR count). The van der Waals surface area contributed by atoms with Crippen molar-refractivity contribution in [3.05, 3.63) is 65.0 Å². The summed E-state index contributed by atoms with van der Waals surface area (Å²) in [7, 11) is 3.38. The topological polar surface area (TPSA) is 75.6 Å². The van der Waals surface area contributed by atoms with Gasteiger partial charge >= 0.3 is 0 Å². The molecule has 6 nitrogen and oxygen atoms in total. The van der Waals surface area contributed by atoms with Crippen LogP contribution in [0.1, 0.15) is 29.3 Å². The molecular weight excluding hydrogens is 328 g/mol. The van der Waals surface area contributed by atoms with E-state index in [-0.39, 0.29) is 12.3 Å². The number of methoxy groups -OCH3 is 1. The molecule has 0 radical (unpaired) electrons. The zero-order valence-electron chi connectivity index (χ0n) is 15.4. The molecule has 136 valence electrons. The molecule has 1 aliphatic heterocycles. The molecule has 0 fully saturated rings.